The second-order valence-electron chi connectivity index (χ2n) is 5.36. The Bertz CT molecular complexity index is 580. The first-order valence-corrected chi connectivity index (χ1v) is 8.57. The van der Waals surface area contributed by atoms with Crippen LogP contribution in [0.1, 0.15) is 24.0 Å². The van der Waals surface area contributed by atoms with E-state index in [4.69, 9.17) is 4.74 Å². The summed E-state index contributed by atoms with van der Waals surface area (Å²) in [6.45, 7) is 2.76. The van der Waals surface area contributed by atoms with E-state index in [1.165, 1.54) is 0 Å². The Labute approximate surface area is 119 Å². The van der Waals surface area contributed by atoms with Gasteiger partial charge in [-0.2, -0.15) is 0 Å². The van der Waals surface area contributed by atoms with Gasteiger partial charge in [-0.3, -0.25) is 0 Å². The van der Waals surface area contributed by atoms with Gasteiger partial charge >= 0.3 is 0 Å². The lowest BCUT2D eigenvalue weighted by Gasteiger charge is -2.25. The van der Waals surface area contributed by atoms with Gasteiger partial charge in [-0.15, -0.1) is 0 Å². The van der Waals surface area contributed by atoms with Gasteiger partial charge in [-0.1, -0.05) is 12.1 Å². The highest BCUT2D eigenvalue weighted by atomic mass is 32.2. The minimum atomic E-state index is -3.46. The van der Waals surface area contributed by atoms with Gasteiger partial charge in [0.25, 0.3) is 0 Å². The van der Waals surface area contributed by atoms with Crippen molar-refractivity contribution >= 4 is 10.0 Å². The molecule has 2 N–H and O–H groups in total. The fourth-order valence-corrected chi connectivity index (χ4v) is 4.43. The number of hydrogen-bond donors (Lipinski definition) is 2. The van der Waals surface area contributed by atoms with E-state index in [-0.39, 0.29) is 6.04 Å². The van der Waals surface area contributed by atoms with Gasteiger partial charge in [-0.05, 0) is 43.0 Å². The molecule has 2 aliphatic rings. The van der Waals surface area contributed by atoms with Gasteiger partial charge in [0.1, 0.15) is 0 Å². The molecule has 6 heteroatoms. The largest absolute Gasteiger partial charge is 0.380 e. The van der Waals surface area contributed by atoms with Crippen LogP contribution in [0, 0.1) is 0 Å². The smallest absolute Gasteiger partial charge is 0.241 e. The van der Waals surface area contributed by atoms with Gasteiger partial charge in [0.05, 0.1) is 11.5 Å². The van der Waals surface area contributed by atoms with Gasteiger partial charge in [0, 0.05) is 19.2 Å². The lowest BCUT2D eigenvalue weighted by atomic mass is 10.0. The molecule has 0 amide bonds. The van der Waals surface area contributed by atoms with Gasteiger partial charge in [0.15, 0.2) is 0 Å². The van der Waals surface area contributed by atoms with Crippen molar-refractivity contribution in [3.63, 3.8) is 0 Å². The normalized spacial score (nSPS) is 23.3. The average Bonchev–Trinajstić information content (AvgIpc) is 2.47. The number of fused-ring (bicyclic) bond motifs is 1. The van der Waals surface area contributed by atoms with Crippen molar-refractivity contribution in [1.82, 2.24) is 10.0 Å². The van der Waals surface area contributed by atoms with Crippen LogP contribution in [0.15, 0.2) is 23.1 Å². The summed E-state index contributed by atoms with van der Waals surface area (Å²) >= 11 is 0. The third-order valence-corrected chi connectivity index (χ3v) is 5.47. The molecule has 1 aromatic carbocycles. The Hall–Kier alpha value is -0.950. The average molecular weight is 296 g/mol. The van der Waals surface area contributed by atoms with E-state index in [0.29, 0.717) is 11.5 Å². The Morgan fingerprint density at radius 3 is 3.05 bits per heavy atom. The number of sulfonamides is 1. The lowest BCUT2D eigenvalue weighted by Crippen LogP contribution is -2.41. The van der Waals surface area contributed by atoms with Crippen LogP contribution < -0.4 is 10.0 Å². The summed E-state index contributed by atoms with van der Waals surface area (Å²) in [6, 6.07) is 5.41. The van der Waals surface area contributed by atoms with E-state index in [2.05, 4.69) is 10.0 Å². The summed E-state index contributed by atoms with van der Waals surface area (Å²) in [7, 11) is -3.46. The van der Waals surface area contributed by atoms with Crippen molar-refractivity contribution in [2.45, 2.75) is 36.7 Å². The van der Waals surface area contributed by atoms with Crippen molar-refractivity contribution in [3.8, 4) is 0 Å². The minimum Gasteiger partial charge on any atom is -0.380 e. The third-order valence-electron chi connectivity index (χ3n) is 3.87. The van der Waals surface area contributed by atoms with Gasteiger partial charge in [0.2, 0.25) is 10.0 Å². The van der Waals surface area contributed by atoms with Gasteiger partial charge < -0.3 is 10.1 Å². The number of nitrogens with one attached hydrogen (secondary N) is 2. The predicted molar refractivity (Wildman–Crippen MR) is 76.0 cm³/mol. The maximum Gasteiger partial charge on any atom is 0.241 e. The van der Waals surface area contributed by atoms with Crippen LogP contribution in [0.5, 0.6) is 0 Å². The summed E-state index contributed by atoms with van der Waals surface area (Å²) in [5, 5.41) is 3.27. The molecule has 3 rings (SSSR count). The van der Waals surface area contributed by atoms with E-state index in [0.717, 1.165) is 50.1 Å². The number of rotatable bonds is 3. The maximum absolute atomic E-state index is 12.6. The molecule has 1 saturated heterocycles. The Morgan fingerprint density at radius 2 is 2.25 bits per heavy atom. The number of ether oxygens (including phenoxy) is 1. The van der Waals surface area contributed by atoms with Crippen molar-refractivity contribution < 1.29 is 13.2 Å². The van der Waals surface area contributed by atoms with Crippen molar-refractivity contribution in [3.05, 3.63) is 29.3 Å². The Balaban J connectivity index is 1.87. The van der Waals surface area contributed by atoms with Crippen LogP contribution >= 0.6 is 0 Å². The second-order valence-corrected chi connectivity index (χ2v) is 7.04. The quantitative estimate of drug-likeness (QED) is 0.865. The molecule has 0 bridgehead atoms. The zero-order valence-corrected chi connectivity index (χ0v) is 12.2. The second kappa shape index (κ2) is 5.81. The predicted octanol–water partition coefficient (Wildman–Crippen LogP) is 0.790. The lowest BCUT2D eigenvalue weighted by molar-refractivity contribution is 0.0774. The first-order valence-electron chi connectivity index (χ1n) is 7.08. The fraction of sp³-hybridized carbons (Fsp3) is 0.571. The van der Waals surface area contributed by atoms with E-state index >= 15 is 0 Å². The molecule has 0 spiro atoms. The van der Waals surface area contributed by atoms with Crippen molar-refractivity contribution in [1.29, 1.82) is 0 Å². The molecule has 1 fully saturated rings. The van der Waals surface area contributed by atoms with Crippen molar-refractivity contribution in [2.75, 3.05) is 19.8 Å². The van der Waals surface area contributed by atoms with Crippen LogP contribution in [-0.4, -0.2) is 34.2 Å². The summed E-state index contributed by atoms with van der Waals surface area (Å²) < 4.78 is 33.3. The molecule has 2 heterocycles. The highest BCUT2D eigenvalue weighted by molar-refractivity contribution is 7.89. The molecule has 20 heavy (non-hydrogen) atoms. The number of hydrogen-bond acceptors (Lipinski definition) is 4. The van der Waals surface area contributed by atoms with Crippen molar-refractivity contribution in [2.24, 2.45) is 0 Å². The molecule has 0 radical (unpaired) electrons. The highest BCUT2D eigenvalue weighted by Crippen LogP contribution is 2.23. The summed E-state index contributed by atoms with van der Waals surface area (Å²) in [5.74, 6) is 0. The van der Waals surface area contributed by atoms with E-state index in [1.54, 1.807) is 6.07 Å². The van der Waals surface area contributed by atoms with Crippen LogP contribution in [0.25, 0.3) is 0 Å². The monoisotopic (exact) mass is 296 g/mol. The summed E-state index contributed by atoms with van der Waals surface area (Å²) in [5.41, 5.74) is 2.04. The third kappa shape index (κ3) is 2.88. The molecule has 0 aromatic heterocycles. The Kier molecular flexibility index (Phi) is 4.07. The van der Waals surface area contributed by atoms with Crippen LogP contribution in [-0.2, 0) is 27.7 Å². The van der Waals surface area contributed by atoms with Crippen LogP contribution in [0.2, 0.25) is 0 Å². The number of benzene rings is 1. The summed E-state index contributed by atoms with van der Waals surface area (Å²) in [6.07, 6.45) is 2.51. The zero-order valence-electron chi connectivity index (χ0n) is 11.4. The minimum absolute atomic E-state index is 0.105. The molecular formula is C14H20N2O3S. The maximum atomic E-state index is 12.6. The van der Waals surface area contributed by atoms with Crippen LogP contribution in [0.3, 0.4) is 0 Å². The molecule has 0 aliphatic carbocycles. The molecule has 0 saturated carbocycles. The highest BCUT2D eigenvalue weighted by Gasteiger charge is 2.26. The van der Waals surface area contributed by atoms with E-state index in [9.17, 15) is 8.42 Å². The standard InChI is InChI=1S/C14H20N2O3S/c17-20(18,16-12-4-2-8-19-10-12)14-5-1-3-11-9-15-7-6-13(11)14/h1,3,5,12,15-16H,2,4,6-10H2. The molecule has 110 valence electrons. The topological polar surface area (TPSA) is 67.4 Å². The molecule has 1 atom stereocenters. The first kappa shape index (κ1) is 14.0. The SMILES string of the molecule is O=S(=O)(NC1CCCOC1)c1cccc2c1CCNC2. The van der Waals surface area contributed by atoms with E-state index in [1.807, 2.05) is 12.1 Å². The zero-order chi connectivity index (χ0) is 14.0. The molecule has 1 aromatic rings. The van der Waals surface area contributed by atoms with Gasteiger partial charge in [-0.25, -0.2) is 13.1 Å². The van der Waals surface area contributed by atoms with Crippen LogP contribution in [0.4, 0.5) is 0 Å². The molecular weight excluding hydrogens is 276 g/mol. The molecule has 1 unspecified atom stereocenters. The fourth-order valence-electron chi connectivity index (χ4n) is 2.87. The van der Waals surface area contributed by atoms with E-state index < -0.39 is 10.0 Å². The Morgan fingerprint density at radius 1 is 1.35 bits per heavy atom. The first-order chi connectivity index (χ1) is 9.67. The summed E-state index contributed by atoms with van der Waals surface area (Å²) in [4.78, 5) is 0.432. The molecule has 5 nitrogen and oxygen atoms in total. The molecule has 2 aliphatic heterocycles.